The fourth-order valence-electron chi connectivity index (χ4n) is 3.79. The molecule has 8 heteroatoms. The Hall–Kier alpha value is -3.81. The van der Waals surface area contributed by atoms with Gasteiger partial charge in [-0.25, -0.2) is 0 Å². The number of carboxylic acid groups (broad SMARTS) is 1. The zero-order chi connectivity index (χ0) is 23.6. The fraction of sp³-hybridized carbons (Fsp3) is 0.320. The molecule has 0 radical (unpaired) electrons. The van der Waals surface area contributed by atoms with Crippen LogP contribution in [0.5, 0.6) is 0 Å². The molecule has 0 bridgehead atoms. The van der Waals surface area contributed by atoms with E-state index in [1.54, 1.807) is 0 Å². The highest BCUT2D eigenvalue weighted by Gasteiger charge is 2.26. The Labute approximate surface area is 192 Å². The van der Waals surface area contributed by atoms with E-state index in [-0.39, 0.29) is 12.6 Å². The molecule has 8 nitrogen and oxygen atoms in total. The van der Waals surface area contributed by atoms with Crippen LogP contribution in [0.25, 0.3) is 11.1 Å². The molecule has 5 N–H and O–H groups in total. The van der Waals surface area contributed by atoms with E-state index in [0.717, 1.165) is 48.8 Å². The van der Waals surface area contributed by atoms with Crippen LogP contribution in [0.2, 0.25) is 0 Å². The molecule has 0 heterocycles. The monoisotopic (exact) mass is 451 g/mol. The third kappa shape index (κ3) is 7.10. The number of aliphatic hydroxyl groups excluding tert-OH is 1. The first-order valence-corrected chi connectivity index (χ1v) is 11.1. The van der Waals surface area contributed by atoms with Gasteiger partial charge in [-0.3, -0.25) is 14.4 Å². The second-order valence-electron chi connectivity index (χ2n) is 8.02. The van der Waals surface area contributed by atoms with Crippen molar-refractivity contribution in [2.45, 2.75) is 44.7 Å². The SMILES string of the molecule is O=C(O)CNC(=O)/C(C(=O)NCc1ccc(-c2ccccc2)cc1)=C(\O)NC1CCCCC1. The normalized spacial score (nSPS) is 14.7. The van der Waals surface area contributed by atoms with Gasteiger partial charge in [-0.2, -0.15) is 0 Å². The average molecular weight is 452 g/mol. The second-order valence-corrected chi connectivity index (χ2v) is 8.02. The van der Waals surface area contributed by atoms with Gasteiger partial charge in [0.05, 0.1) is 0 Å². The van der Waals surface area contributed by atoms with Gasteiger partial charge in [0, 0.05) is 12.6 Å². The number of carbonyl (C=O) groups is 3. The molecule has 0 unspecified atom stereocenters. The molecule has 0 aliphatic heterocycles. The van der Waals surface area contributed by atoms with Gasteiger partial charge in [-0.1, -0.05) is 73.9 Å². The lowest BCUT2D eigenvalue weighted by Crippen LogP contribution is -2.41. The van der Waals surface area contributed by atoms with Gasteiger partial charge in [0.1, 0.15) is 6.54 Å². The topological polar surface area (TPSA) is 128 Å². The van der Waals surface area contributed by atoms with Crippen molar-refractivity contribution >= 4 is 17.8 Å². The van der Waals surface area contributed by atoms with Gasteiger partial charge in [0.15, 0.2) is 5.57 Å². The summed E-state index contributed by atoms with van der Waals surface area (Å²) in [6.07, 6.45) is 4.75. The number of benzene rings is 2. The summed E-state index contributed by atoms with van der Waals surface area (Å²) in [7, 11) is 0. The number of aliphatic carboxylic acids is 1. The van der Waals surface area contributed by atoms with Crippen molar-refractivity contribution in [1.29, 1.82) is 0 Å². The van der Waals surface area contributed by atoms with E-state index < -0.39 is 35.8 Å². The largest absolute Gasteiger partial charge is 0.494 e. The lowest BCUT2D eigenvalue weighted by molar-refractivity contribution is -0.138. The smallest absolute Gasteiger partial charge is 0.322 e. The molecular formula is C25H29N3O5. The van der Waals surface area contributed by atoms with Crippen molar-refractivity contribution in [3.63, 3.8) is 0 Å². The highest BCUT2D eigenvalue weighted by Crippen LogP contribution is 2.20. The summed E-state index contributed by atoms with van der Waals surface area (Å²) in [6, 6.07) is 17.5. The van der Waals surface area contributed by atoms with Crippen LogP contribution in [0.3, 0.4) is 0 Å². The van der Waals surface area contributed by atoms with E-state index >= 15 is 0 Å². The number of carboxylic acids is 1. The van der Waals surface area contributed by atoms with Crippen LogP contribution < -0.4 is 16.0 Å². The number of aliphatic hydroxyl groups is 1. The Morgan fingerprint density at radius 2 is 1.39 bits per heavy atom. The summed E-state index contributed by atoms with van der Waals surface area (Å²) in [6.45, 7) is -0.520. The Morgan fingerprint density at radius 3 is 2.03 bits per heavy atom. The third-order valence-corrected chi connectivity index (χ3v) is 5.55. The molecule has 1 aliphatic rings. The predicted molar refractivity (Wildman–Crippen MR) is 124 cm³/mol. The summed E-state index contributed by atoms with van der Waals surface area (Å²) in [5, 5.41) is 27.0. The lowest BCUT2D eigenvalue weighted by atomic mass is 9.95. The first kappa shape index (κ1) is 23.8. The van der Waals surface area contributed by atoms with Crippen LogP contribution in [0.4, 0.5) is 0 Å². The Balaban J connectivity index is 1.68. The molecule has 0 aromatic heterocycles. The van der Waals surface area contributed by atoms with Crippen LogP contribution in [-0.2, 0) is 20.9 Å². The molecule has 3 rings (SSSR count). The molecule has 2 aromatic carbocycles. The summed E-state index contributed by atoms with van der Waals surface area (Å²) >= 11 is 0. The Morgan fingerprint density at radius 1 is 0.788 bits per heavy atom. The minimum Gasteiger partial charge on any atom is -0.494 e. The highest BCUT2D eigenvalue weighted by molar-refractivity contribution is 6.19. The van der Waals surface area contributed by atoms with Crippen molar-refractivity contribution in [1.82, 2.24) is 16.0 Å². The van der Waals surface area contributed by atoms with Crippen molar-refractivity contribution < 1.29 is 24.6 Å². The van der Waals surface area contributed by atoms with Crippen LogP contribution in [0.15, 0.2) is 66.1 Å². The maximum atomic E-state index is 12.8. The lowest BCUT2D eigenvalue weighted by Gasteiger charge is -2.24. The molecule has 0 spiro atoms. The number of hydrogen-bond acceptors (Lipinski definition) is 5. The fourth-order valence-corrected chi connectivity index (χ4v) is 3.79. The molecule has 1 fully saturated rings. The van der Waals surface area contributed by atoms with Gasteiger partial charge >= 0.3 is 5.97 Å². The molecule has 0 saturated heterocycles. The van der Waals surface area contributed by atoms with Crippen LogP contribution >= 0.6 is 0 Å². The second kappa shape index (κ2) is 11.7. The van der Waals surface area contributed by atoms with Crippen LogP contribution in [0.1, 0.15) is 37.7 Å². The number of rotatable bonds is 9. The van der Waals surface area contributed by atoms with E-state index in [0.29, 0.717) is 0 Å². The summed E-state index contributed by atoms with van der Waals surface area (Å²) in [5.74, 6) is -3.52. The highest BCUT2D eigenvalue weighted by atomic mass is 16.4. The average Bonchev–Trinajstić information content (AvgIpc) is 2.83. The molecule has 2 amide bonds. The van der Waals surface area contributed by atoms with Crippen molar-refractivity contribution in [2.24, 2.45) is 0 Å². The van der Waals surface area contributed by atoms with E-state index in [9.17, 15) is 19.5 Å². The molecule has 1 saturated carbocycles. The minimum atomic E-state index is -1.25. The number of nitrogens with one attached hydrogen (secondary N) is 3. The minimum absolute atomic E-state index is 0.0423. The zero-order valence-corrected chi connectivity index (χ0v) is 18.3. The molecule has 0 atom stereocenters. The molecule has 2 aromatic rings. The standard InChI is InChI=1S/C25H29N3O5/c29-21(30)16-27-24(32)22(25(33)28-20-9-5-2-6-10-20)23(31)26-15-17-11-13-19(14-12-17)18-7-3-1-4-8-18/h1,3-4,7-8,11-14,20,28,33H,2,5-6,9-10,15-16H2,(H,26,31)(H,27,32)(H,29,30)/b25-22-. The van der Waals surface area contributed by atoms with Gasteiger partial charge in [-0.05, 0) is 29.5 Å². The van der Waals surface area contributed by atoms with Crippen molar-refractivity contribution in [3.8, 4) is 11.1 Å². The molecular weight excluding hydrogens is 422 g/mol. The third-order valence-electron chi connectivity index (χ3n) is 5.55. The summed E-state index contributed by atoms with van der Waals surface area (Å²) in [5.41, 5.74) is 2.40. The first-order chi connectivity index (χ1) is 15.9. The maximum absolute atomic E-state index is 12.8. The maximum Gasteiger partial charge on any atom is 0.322 e. The predicted octanol–water partition coefficient (Wildman–Crippen LogP) is 2.86. The van der Waals surface area contributed by atoms with Gasteiger partial charge < -0.3 is 26.2 Å². The Bertz CT molecular complexity index is 996. The van der Waals surface area contributed by atoms with E-state index in [1.807, 2.05) is 54.6 Å². The number of amides is 2. The van der Waals surface area contributed by atoms with Crippen molar-refractivity contribution in [2.75, 3.05) is 6.54 Å². The summed E-state index contributed by atoms with van der Waals surface area (Å²) < 4.78 is 0. The Kier molecular flexibility index (Phi) is 8.46. The van der Waals surface area contributed by atoms with Crippen molar-refractivity contribution in [3.05, 3.63) is 71.6 Å². The van der Waals surface area contributed by atoms with Crippen LogP contribution in [0, 0.1) is 0 Å². The van der Waals surface area contributed by atoms with E-state index in [4.69, 9.17) is 5.11 Å². The van der Waals surface area contributed by atoms with E-state index in [2.05, 4.69) is 16.0 Å². The zero-order valence-electron chi connectivity index (χ0n) is 18.3. The molecule has 33 heavy (non-hydrogen) atoms. The quantitative estimate of drug-likeness (QED) is 0.173. The van der Waals surface area contributed by atoms with E-state index in [1.165, 1.54) is 0 Å². The van der Waals surface area contributed by atoms with Gasteiger partial charge in [0.25, 0.3) is 11.8 Å². The van der Waals surface area contributed by atoms with Crippen LogP contribution in [-0.4, -0.2) is 40.6 Å². The van der Waals surface area contributed by atoms with Gasteiger partial charge in [-0.15, -0.1) is 0 Å². The molecule has 174 valence electrons. The van der Waals surface area contributed by atoms with Gasteiger partial charge in [0.2, 0.25) is 5.88 Å². The molecule has 1 aliphatic carbocycles. The summed E-state index contributed by atoms with van der Waals surface area (Å²) in [4.78, 5) is 36.1. The first-order valence-electron chi connectivity index (χ1n) is 11.1. The number of carbonyl (C=O) groups excluding carboxylic acids is 2. The number of hydrogen-bond donors (Lipinski definition) is 5.